The molecule has 0 amide bonds. The summed E-state index contributed by atoms with van der Waals surface area (Å²) in [5.74, 6) is 1.23. The fourth-order valence-electron chi connectivity index (χ4n) is 2.69. The van der Waals surface area contributed by atoms with Gasteiger partial charge >= 0.3 is 0 Å². The highest BCUT2D eigenvalue weighted by atomic mass is 32.2. The average Bonchev–Trinajstić information content (AvgIpc) is 2.98. The molecule has 1 aliphatic heterocycles. The van der Waals surface area contributed by atoms with Crippen molar-refractivity contribution in [2.24, 2.45) is 0 Å². The molecule has 0 radical (unpaired) electrons. The normalized spacial score (nSPS) is 19.1. The maximum atomic E-state index is 11.8. The Morgan fingerprint density at radius 2 is 2.14 bits per heavy atom. The second kappa shape index (κ2) is 7.15. The second-order valence-electron chi connectivity index (χ2n) is 5.40. The van der Waals surface area contributed by atoms with Crippen molar-refractivity contribution in [3.63, 3.8) is 0 Å². The molecular formula is C16H23NO4S. The molecule has 2 rings (SSSR count). The third-order valence-corrected chi connectivity index (χ3v) is 4.61. The highest BCUT2D eigenvalue weighted by Gasteiger charge is 2.27. The van der Waals surface area contributed by atoms with Gasteiger partial charge in [-0.25, -0.2) is 8.42 Å². The number of ether oxygens (including phenoxy) is 2. The molecule has 2 atom stereocenters. The van der Waals surface area contributed by atoms with E-state index in [-0.39, 0.29) is 17.7 Å². The fraction of sp³-hybridized carbons (Fsp3) is 0.500. The molecule has 0 aliphatic carbocycles. The van der Waals surface area contributed by atoms with Crippen LogP contribution in [0.5, 0.6) is 11.5 Å². The molecular weight excluding hydrogens is 302 g/mol. The summed E-state index contributed by atoms with van der Waals surface area (Å²) < 4.78 is 34.5. The summed E-state index contributed by atoms with van der Waals surface area (Å²) in [6.07, 6.45) is 5.32. The van der Waals surface area contributed by atoms with Crippen LogP contribution in [0.1, 0.15) is 18.4 Å². The molecule has 0 saturated carbocycles. The van der Waals surface area contributed by atoms with E-state index in [2.05, 4.69) is 5.32 Å². The fourth-order valence-corrected chi connectivity index (χ4v) is 3.74. The van der Waals surface area contributed by atoms with Gasteiger partial charge < -0.3 is 14.8 Å². The molecule has 22 heavy (non-hydrogen) atoms. The minimum absolute atomic E-state index is 0.0117. The van der Waals surface area contributed by atoms with Crippen LogP contribution in [-0.4, -0.2) is 46.7 Å². The molecule has 1 aromatic carbocycles. The summed E-state index contributed by atoms with van der Waals surface area (Å²) in [7, 11) is -1.51. The zero-order valence-electron chi connectivity index (χ0n) is 13.2. The smallest absolute Gasteiger partial charge is 0.161 e. The van der Waals surface area contributed by atoms with Crippen molar-refractivity contribution in [2.75, 3.05) is 32.3 Å². The Morgan fingerprint density at radius 3 is 2.68 bits per heavy atom. The van der Waals surface area contributed by atoms with Crippen LogP contribution in [0.4, 0.5) is 0 Å². The third kappa shape index (κ3) is 4.24. The summed E-state index contributed by atoms with van der Waals surface area (Å²) >= 11 is 0. The molecule has 0 fully saturated rings. The first kappa shape index (κ1) is 16.8. The quantitative estimate of drug-likeness (QED) is 0.774. The van der Waals surface area contributed by atoms with Crippen LogP contribution < -0.4 is 14.8 Å². The first-order valence-corrected chi connectivity index (χ1v) is 9.39. The molecule has 0 spiro atoms. The van der Waals surface area contributed by atoms with Crippen LogP contribution in [0.3, 0.4) is 0 Å². The first-order valence-electron chi connectivity index (χ1n) is 7.33. The molecule has 0 bridgehead atoms. The molecule has 122 valence electrons. The SMILES string of the molecule is CCOc1cc(C(CS(C)(=O)=O)C2C=CCN2)ccc1OC. The topological polar surface area (TPSA) is 64.6 Å². The van der Waals surface area contributed by atoms with Crippen molar-refractivity contribution < 1.29 is 17.9 Å². The lowest BCUT2D eigenvalue weighted by Gasteiger charge is -2.24. The zero-order valence-corrected chi connectivity index (χ0v) is 14.0. The van der Waals surface area contributed by atoms with E-state index in [0.717, 1.165) is 12.1 Å². The third-order valence-electron chi connectivity index (χ3n) is 3.65. The van der Waals surface area contributed by atoms with Gasteiger partial charge in [-0.05, 0) is 24.6 Å². The lowest BCUT2D eigenvalue weighted by Crippen LogP contribution is -2.33. The Bertz CT molecular complexity index is 640. The van der Waals surface area contributed by atoms with Gasteiger partial charge in [0.2, 0.25) is 0 Å². The van der Waals surface area contributed by atoms with E-state index in [0.29, 0.717) is 18.1 Å². The Hall–Kier alpha value is -1.53. The van der Waals surface area contributed by atoms with Crippen LogP contribution in [0.15, 0.2) is 30.4 Å². The monoisotopic (exact) mass is 325 g/mol. The molecule has 5 nitrogen and oxygen atoms in total. The predicted molar refractivity (Wildman–Crippen MR) is 87.5 cm³/mol. The van der Waals surface area contributed by atoms with E-state index in [4.69, 9.17) is 9.47 Å². The molecule has 1 heterocycles. The van der Waals surface area contributed by atoms with Gasteiger partial charge in [0.1, 0.15) is 9.84 Å². The summed E-state index contributed by atoms with van der Waals surface area (Å²) in [5, 5.41) is 3.31. The lowest BCUT2D eigenvalue weighted by molar-refractivity contribution is 0.310. The summed E-state index contributed by atoms with van der Waals surface area (Å²) in [6, 6.07) is 5.63. The number of sulfone groups is 1. The van der Waals surface area contributed by atoms with Gasteiger partial charge in [0, 0.05) is 24.8 Å². The zero-order chi connectivity index (χ0) is 16.2. The minimum atomic E-state index is -3.10. The van der Waals surface area contributed by atoms with Crippen molar-refractivity contribution in [1.29, 1.82) is 0 Å². The van der Waals surface area contributed by atoms with Gasteiger partial charge in [-0.15, -0.1) is 0 Å². The lowest BCUT2D eigenvalue weighted by atomic mass is 9.93. The number of hydrogen-bond acceptors (Lipinski definition) is 5. The number of hydrogen-bond donors (Lipinski definition) is 1. The van der Waals surface area contributed by atoms with E-state index < -0.39 is 9.84 Å². The van der Waals surface area contributed by atoms with Gasteiger partial charge in [-0.1, -0.05) is 18.2 Å². The van der Waals surface area contributed by atoms with Crippen molar-refractivity contribution in [3.8, 4) is 11.5 Å². The Balaban J connectivity index is 2.37. The van der Waals surface area contributed by atoms with Crippen LogP contribution >= 0.6 is 0 Å². The molecule has 0 saturated heterocycles. The minimum Gasteiger partial charge on any atom is -0.493 e. The molecule has 1 aromatic rings. The molecule has 1 N–H and O–H groups in total. The summed E-state index contributed by atoms with van der Waals surface area (Å²) in [6.45, 7) is 3.19. The Kier molecular flexibility index (Phi) is 5.47. The van der Waals surface area contributed by atoms with Crippen LogP contribution in [0.2, 0.25) is 0 Å². The van der Waals surface area contributed by atoms with Gasteiger partial charge in [0.15, 0.2) is 11.5 Å². The Morgan fingerprint density at radius 1 is 1.36 bits per heavy atom. The Labute approximate surface area is 132 Å². The van der Waals surface area contributed by atoms with Gasteiger partial charge in [0.25, 0.3) is 0 Å². The van der Waals surface area contributed by atoms with E-state index >= 15 is 0 Å². The number of benzene rings is 1. The van der Waals surface area contributed by atoms with E-state index in [9.17, 15) is 8.42 Å². The maximum absolute atomic E-state index is 11.8. The second-order valence-corrected chi connectivity index (χ2v) is 7.59. The van der Waals surface area contributed by atoms with Gasteiger partial charge in [-0.2, -0.15) is 0 Å². The number of rotatable bonds is 7. The standard InChI is InChI=1S/C16H23NO4S/c1-4-21-16-10-12(7-8-15(16)20-2)13(11-22(3,18)19)14-6-5-9-17-14/h5-8,10,13-14,17H,4,9,11H2,1-3H3. The van der Waals surface area contributed by atoms with Crippen LogP contribution in [-0.2, 0) is 9.84 Å². The van der Waals surface area contributed by atoms with Crippen molar-refractivity contribution in [2.45, 2.75) is 18.9 Å². The molecule has 2 unspecified atom stereocenters. The van der Waals surface area contributed by atoms with Gasteiger partial charge in [0.05, 0.1) is 19.5 Å². The molecule has 6 heteroatoms. The predicted octanol–water partition coefficient (Wildman–Crippen LogP) is 1.75. The van der Waals surface area contributed by atoms with Crippen molar-refractivity contribution in [1.82, 2.24) is 5.32 Å². The van der Waals surface area contributed by atoms with E-state index in [1.807, 2.05) is 37.3 Å². The summed E-state index contributed by atoms with van der Waals surface area (Å²) in [4.78, 5) is 0. The molecule has 1 aliphatic rings. The summed E-state index contributed by atoms with van der Waals surface area (Å²) in [5.41, 5.74) is 0.929. The van der Waals surface area contributed by atoms with E-state index in [1.54, 1.807) is 7.11 Å². The number of nitrogens with one attached hydrogen (secondary N) is 1. The average molecular weight is 325 g/mol. The maximum Gasteiger partial charge on any atom is 0.161 e. The number of methoxy groups -OCH3 is 1. The first-order chi connectivity index (χ1) is 10.4. The van der Waals surface area contributed by atoms with Crippen LogP contribution in [0, 0.1) is 0 Å². The van der Waals surface area contributed by atoms with Crippen molar-refractivity contribution in [3.05, 3.63) is 35.9 Å². The highest BCUT2D eigenvalue weighted by molar-refractivity contribution is 7.90. The highest BCUT2D eigenvalue weighted by Crippen LogP contribution is 2.33. The van der Waals surface area contributed by atoms with Crippen molar-refractivity contribution >= 4 is 9.84 Å². The van der Waals surface area contributed by atoms with Gasteiger partial charge in [-0.3, -0.25) is 0 Å². The van der Waals surface area contributed by atoms with Crippen LogP contribution in [0.25, 0.3) is 0 Å². The molecule has 0 aromatic heterocycles. The van der Waals surface area contributed by atoms with E-state index in [1.165, 1.54) is 6.26 Å². The largest absolute Gasteiger partial charge is 0.493 e.